The molecule has 0 unspecified atom stereocenters. The van der Waals surface area contributed by atoms with Gasteiger partial charge in [0.25, 0.3) is 0 Å². The monoisotopic (exact) mass is 392 g/mol. The fourth-order valence-corrected chi connectivity index (χ4v) is 3.27. The molecule has 0 saturated carbocycles. The van der Waals surface area contributed by atoms with Gasteiger partial charge in [-0.2, -0.15) is 0 Å². The van der Waals surface area contributed by atoms with Crippen molar-refractivity contribution in [2.75, 3.05) is 5.32 Å². The van der Waals surface area contributed by atoms with Gasteiger partial charge >= 0.3 is 0 Å². The summed E-state index contributed by atoms with van der Waals surface area (Å²) in [6.45, 7) is 0. The molecule has 0 aromatic heterocycles. The van der Waals surface area contributed by atoms with Crippen molar-refractivity contribution in [3.8, 4) is 0 Å². The molecular formula is C20H19Cl3N2. The van der Waals surface area contributed by atoms with Crippen LogP contribution in [0.3, 0.4) is 0 Å². The molecule has 0 heterocycles. The predicted molar refractivity (Wildman–Crippen MR) is 112 cm³/mol. The van der Waals surface area contributed by atoms with Crippen LogP contribution in [0.15, 0.2) is 87.0 Å². The van der Waals surface area contributed by atoms with Crippen LogP contribution in [0.5, 0.6) is 0 Å². The summed E-state index contributed by atoms with van der Waals surface area (Å²) < 4.78 is 0. The molecule has 1 N–H and O–H groups in total. The fraction of sp³-hybridized carbons (Fsp3) is 0.150. The molecule has 2 nitrogen and oxygen atoms in total. The number of anilines is 1. The van der Waals surface area contributed by atoms with Crippen LogP contribution < -0.4 is 5.32 Å². The lowest BCUT2D eigenvalue weighted by Crippen LogP contribution is -2.06. The number of benzene rings is 2. The second-order valence-corrected chi connectivity index (χ2v) is 6.33. The number of halogens is 3. The van der Waals surface area contributed by atoms with E-state index >= 15 is 0 Å². The highest BCUT2D eigenvalue weighted by Gasteiger charge is 2.18. The summed E-state index contributed by atoms with van der Waals surface area (Å²) in [5.41, 5.74) is 3.83. The van der Waals surface area contributed by atoms with Gasteiger partial charge in [-0.15, -0.1) is 12.4 Å². The van der Waals surface area contributed by atoms with Crippen molar-refractivity contribution in [1.82, 2.24) is 0 Å². The number of allylic oxidation sites excluding steroid dienone is 3. The maximum atomic E-state index is 6.58. The van der Waals surface area contributed by atoms with Gasteiger partial charge in [-0.3, -0.25) is 4.99 Å². The number of aliphatic imine (C=N–C) groups is 1. The Labute approximate surface area is 164 Å². The molecule has 1 aliphatic carbocycles. The molecule has 25 heavy (non-hydrogen) atoms. The van der Waals surface area contributed by atoms with Crippen LogP contribution in [0.1, 0.15) is 19.3 Å². The van der Waals surface area contributed by atoms with Crippen LogP contribution in [-0.2, 0) is 0 Å². The minimum Gasteiger partial charge on any atom is -0.346 e. The summed E-state index contributed by atoms with van der Waals surface area (Å²) >= 11 is 13.1. The van der Waals surface area contributed by atoms with Crippen molar-refractivity contribution in [2.45, 2.75) is 19.3 Å². The molecule has 0 saturated heterocycles. The third-order valence-electron chi connectivity index (χ3n) is 3.84. The highest BCUT2D eigenvalue weighted by Crippen LogP contribution is 2.35. The van der Waals surface area contributed by atoms with E-state index in [4.69, 9.17) is 23.2 Å². The molecule has 0 amide bonds. The van der Waals surface area contributed by atoms with Gasteiger partial charge in [0.2, 0.25) is 0 Å². The molecule has 2 aromatic rings. The summed E-state index contributed by atoms with van der Waals surface area (Å²) in [6, 6.07) is 19.7. The van der Waals surface area contributed by atoms with Gasteiger partial charge in [0.15, 0.2) is 0 Å². The fourth-order valence-electron chi connectivity index (χ4n) is 2.59. The number of hydrogen-bond acceptors (Lipinski definition) is 2. The minimum absolute atomic E-state index is 0. The van der Waals surface area contributed by atoms with Crippen molar-refractivity contribution in [1.29, 1.82) is 0 Å². The first-order chi connectivity index (χ1) is 11.7. The Morgan fingerprint density at radius 2 is 1.60 bits per heavy atom. The quantitative estimate of drug-likeness (QED) is 0.437. The van der Waals surface area contributed by atoms with Gasteiger partial charge in [-0.05, 0) is 49.1 Å². The van der Waals surface area contributed by atoms with Crippen molar-refractivity contribution in [2.24, 2.45) is 4.99 Å². The normalized spacial score (nSPS) is 16.6. The molecule has 130 valence electrons. The highest BCUT2D eigenvalue weighted by molar-refractivity contribution is 6.37. The molecule has 0 aliphatic heterocycles. The molecule has 5 heteroatoms. The largest absolute Gasteiger partial charge is 0.346 e. The first kappa shape index (κ1) is 19.6. The van der Waals surface area contributed by atoms with E-state index in [9.17, 15) is 0 Å². The first-order valence-electron chi connectivity index (χ1n) is 7.93. The maximum absolute atomic E-state index is 6.58. The average molecular weight is 394 g/mol. The summed E-state index contributed by atoms with van der Waals surface area (Å²) in [5.74, 6) is 0. The van der Waals surface area contributed by atoms with Crippen LogP contribution in [0.4, 0.5) is 11.4 Å². The Morgan fingerprint density at radius 1 is 0.960 bits per heavy atom. The van der Waals surface area contributed by atoms with Gasteiger partial charge in [0, 0.05) is 17.5 Å². The number of para-hydroxylation sites is 2. The predicted octanol–water partition coefficient (Wildman–Crippen LogP) is 7.05. The molecule has 0 spiro atoms. The van der Waals surface area contributed by atoms with Crippen molar-refractivity contribution in [3.05, 3.63) is 82.0 Å². The molecular weight excluding hydrogens is 375 g/mol. The molecule has 0 fully saturated rings. The lowest BCUT2D eigenvalue weighted by molar-refractivity contribution is 0.798. The van der Waals surface area contributed by atoms with Crippen LogP contribution in [-0.4, -0.2) is 6.21 Å². The Bertz CT molecular complexity index is 781. The van der Waals surface area contributed by atoms with Gasteiger partial charge in [0.05, 0.1) is 10.7 Å². The Balaban J connectivity index is 0.00000225. The third kappa shape index (κ3) is 5.37. The topological polar surface area (TPSA) is 24.4 Å². The zero-order valence-electron chi connectivity index (χ0n) is 13.6. The van der Waals surface area contributed by atoms with E-state index in [1.165, 1.54) is 0 Å². The van der Waals surface area contributed by atoms with Gasteiger partial charge < -0.3 is 5.32 Å². The van der Waals surface area contributed by atoms with Crippen LogP contribution >= 0.6 is 35.6 Å². The number of rotatable bonds is 4. The van der Waals surface area contributed by atoms with E-state index in [1.807, 2.05) is 66.9 Å². The van der Waals surface area contributed by atoms with Crippen LogP contribution in [0.25, 0.3) is 0 Å². The van der Waals surface area contributed by atoms with Crippen molar-refractivity contribution in [3.63, 3.8) is 0 Å². The zero-order valence-corrected chi connectivity index (χ0v) is 15.9. The molecule has 1 aliphatic rings. The summed E-state index contributed by atoms with van der Waals surface area (Å²) in [6.07, 6.45) is 4.63. The summed E-state index contributed by atoms with van der Waals surface area (Å²) in [5, 5.41) is 4.50. The molecule has 0 bridgehead atoms. The number of nitrogens with one attached hydrogen (secondary N) is 1. The lowest BCUT2D eigenvalue weighted by atomic mass is 9.96. The van der Waals surface area contributed by atoms with E-state index < -0.39 is 0 Å². The van der Waals surface area contributed by atoms with E-state index in [1.54, 1.807) is 0 Å². The van der Waals surface area contributed by atoms with Gasteiger partial charge in [-0.25, -0.2) is 0 Å². The maximum Gasteiger partial charge on any atom is 0.111 e. The molecule has 0 radical (unpaired) electrons. The second kappa shape index (κ2) is 9.67. The lowest BCUT2D eigenvalue weighted by Gasteiger charge is -2.19. The number of hydrogen-bond donors (Lipinski definition) is 1. The zero-order chi connectivity index (χ0) is 16.8. The molecule has 3 rings (SSSR count). The van der Waals surface area contributed by atoms with E-state index in [-0.39, 0.29) is 12.4 Å². The van der Waals surface area contributed by atoms with Gasteiger partial charge in [-0.1, -0.05) is 59.6 Å². The number of nitrogens with zero attached hydrogens (tertiary/aromatic N) is 1. The summed E-state index contributed by atoms with van der Waals surface area (Å²) in [7, 11) is 0. The Kier molecular flexibility index (Phi) is 7.57. The van der Waals surface area contributed by atoms with E-state index in [0.717, 1.165) is 41.8 Å². The van der Waals surface area contributed by atoms with Crippen LogP contribution in [0.2, 0.25) is 0 Å². The average Bonchev–Trinajstić information content (AvgIpc) is 2.62. The van der Waals surface area contributed by atoms with Crippen molar-refractivity contribution < 1.29 is 0 Å². The van der Waals surface area contributed by atoms with E-state index in [2.05, 4.69) is 10.3 Å². The standard InChI is InChI=1S/C20H18Cl2N2.ClH/c21-19-15(14-23-16-9-3-1-4-10-16)8-7-13-18(19)20(22)24-17-11-5-2-6-12-17;/h1-6,9-12,14,24H,7-8,13H2;1H. The Hall–Kier alpha value is -1.74. The minimum atomic E-state index is 0. The smallest absolute Gasteiger partial charge is 0.111 e. The van der Waals surface area contributed by atoms with E-state index in [0.29, 0.717) is 10.2 Å². The SMILES string of the molecule is Cl.ClC(Nc1ccccc1)=C1CCCC(C=Nc2ccccc2)=C1Cl. The Morgan fingerprint density at radius 3 is 2.28 bits per heavy atom. The summed E-state index contributed by atoms with van der Waals surface area (Å²) in [4.78, 5) is 4.50. The first-order valence-corrected chi connectivity index (χ1v) is 8.68. The highest BCUT2D eigenvalue weighted by atomic mass is 35.5. The van der Waals surface area contributed by atoms with Crippen LogP contribution in [0, 0.1) is 0 Å². The third-order valence-corrected chi connectivity index (χ3v) is 4.63. The van der Waals surface area contributed by atoms with Crippen molar-refractivity contribution >= 4 is 53.2 Å². The molecule has 0 atom stereocenters. The second-order valence-electron chi connectivity index (χ2n) is 5.57. The molecule has 2 aromatic carbocycles. The van der Waals surface area contributed by atoms with Gasteiger partial charge in [0.1, 0.15) is 5.16 Å².